The molecule has 0 fully saturated rings. The number of aromatic nitrogens is 1. The third-order valence-electron chi connectivity index (χ3n) is 5.36. The molecule has 0 radical (unpaired) electrons. The molecular formula is C25H24N2O4. The van der Waals surface area contributed by atoms with E-state index in [2.05, 4.69) is 5.32 Å². The number of rotatable bonds is 7. The van der Waals surface area contributed by atoms with Crippen LogP contribution in [0, 0.1) is 0 Å². The van der Waals surface area contributed by atoms with Gasteiger partial charge in [0, 0.05) is 17.3 Å². The topological polar surface area (TPSA) is 69.6 Å². The summed E-state index contributed by atoms with van der Waals surface area (Å²) in [6, 6.07) is 20.5. The molecule has 3 aromatic carbocycles. The van der Waals surface area contributed by atoms with Crippen LogP contribution in [0.4, 0.5) is 0 Å². The van der Waals surface area contributed by atoms with Gasteiger partial charge in [-0.25, -0.2) is 0 Å². The Morgan fingerprint density at radius 3 is 2.10 bits per heavy atom. The van der Waals surface area contributed by atoms with Crippen molar-refractivity contribution in [3.8, 4) is 11.5 Å². The number of carbonyl (C=O) groups is 1. The van der Waals surface area contributed by atoms with Crippen LogP contribution in [-0.4, -0.2) is 31.2 Å². The molecule has 0 bridgehead atoms. The molecule has 0 aliphatic rings. The van der Waals surface area contributed by atoms with E-state index in [0.717, 1.165) is 16.6 Å². The van der Waals surface area contributed by atoms with Crippen molar-refractivity contribution in [1.82, 2.24) is 9.88 Å². The highest BCUT2D eigenvalue weighted by Crippen LogP contribution is 2.27. The van der Waals surface area contributed by atoms with E-state index in [1.54, 1.807) is 26.4 Å². The Morgan fingerprint density at radius 2 is 1.48 bits per heavy atom. The first-order chi connectivity index (χ1) is 15.1. The zero-order valence-corrected chi connectivity index (χ0v) is 17.6. The predicted molar refractivity (Wildman–Crippen MR) is 122 cm³/mol. The lowest BCUT2D eigenvalue weighted by Crippen LogP contribution is -2.30. The van der Waals surface area contributed by atoms with Gasteiger partial charge in [0.2, 0.25) is 5.91 Å². The van der Waals surface area contributed by atoms with E-state index in [-0.39, 0.29) is 17.9 Å². The van der Waals surface area contributed by atoms with Gasteiger partial charge in [-0.3, -0.25) is 9.59 Å². The molecule has 4 aromatic rings. The quantitative estimate of drug-likeness (QED) is 0.468. The number of fused-ring (bicyclic) bond motifs is 2. The molecular weight excluding hydrogens is 392 g/mol. The van der Waals surface area contributed by atoms with Gasteiger partial charge in [0.25, 0.3) is 0 Å². The molecule has 0 aliphatic carbocycles. The van der Waals surface area contributed by atoms with Gasteiger partial charge in [0.05, 0.1) is 25.3 Å². The molecule has 0 saturated carbocycles. The van der Waals surface area contributed by atoms with Crippen LogP contribution in [0.15, 0.2) is 71.5 Å². The number of ether oxygens (including phenoxy) is 2. The van der Waals surface area contributed by atoms with Crippen molar-refractivity contribution < 1.29 is 14.3 Å². The molecule has 158 valence electrons. The van der Waals surface area contributed by atoms with Crippen molar-refractivity contribution in [2.45, 2.75) is 13.0 Å². The van der Waals surface area contributed by atoms with Crippen molar-refractivity contribution in [1.29, 1.82) is 0 Å². The summed E-state index contributed by atoms with van der Waals surface area (Å²) in [6.45, 7) is 0.623. The number of hydrogen-bond acceptors (Lipinski definition) is 4. The first-order valence-electron chi connectivity index (χ1n) is 10.1. The minimum atomic E-state index is -0.112. The fourth-order valence-electron chi connectivity index (χ4n) is 3.83. The normalized spacial score (nSPS) is 10.9. The van der Waals surface area contributed by atoms with Gasteiger partial charge < -0.3 is 19.4 Å². The summed E-state index contributed by atoms with van der Waals surface area (Å²) in [5.41, 5.74) is 2.52. The lowest BCUT2D eigenvalue weighted by molar-refractivity contribution is -0.121. The van der Waals surface area contributed by atoms with Crippen LogP contribution in [0.3, 0.4) is 0 Å². The maximum absolute atomic E-state index is 12.8. The van der Waals surface area contributed by atoms with Gasteiger partial charge in [0.1, 0.15) is 6.54 Å². The Labute approximate surface area is 180 Å². The molecule has 0 aliphatic heterocycles. The van der Waals surface area contributed by atoms with Crippen molar-refractivity contribution in [2.75, 3.05) is 20.8 Å². The lowest BCUT2D eigenvalue weighted by Gasteiger charge is -2.15. The Morgan fingerprint density at radius 1 is 0.871 bits per heavy atom. The standard InChI is InChI=1S/C25H24N2O4/c1-30-22-12-11-17(15-23(22)31-2)13-14-26-24(28)16-27-20-9-5-3-7-18(20)25(29)19-8-4-6-10-21(19)27/h3-12,15H,13-14,16H2,1-2H3,(H,26,28). The Hall–Kier alpha value is -3.80. The number of amides is 1. The molecule has 6 heteroatoms. The summed E-state index contributed by atoms with van der Waals surface area (Å²) in [7, 11) is 3.20. The fourth-order valence-corrected chi connectivity index (χ4v) is 3.83. The van der Waals surface area contributed by atoms with E-state index in [4.69, 9.17) is 9.47 Å². The average Bonchev–Trinajstić information content (AvgIpc) is 2.81. The number of nitrogens with one attached hydrogen (secondary N) is 1. The van der Waals surface area contributed by atoms with E-state index in [0.29, 0.717) is 35.2 Å². The van der Waals surface area contributed by atoms with Crippen LogP contribution in [0.5, 0.6) is 11.5 Å². The predicted octanol–water partition coefficient (Wildman–Crippen LogP) is 3.53. The molecule has 1 amide bonds. The highest BCUT2D eigenvalue weighted by atomic mass is 16.5. The largest absolute Gasteiger partial charge is 0.493 e. The summed E-state index contributed by atoms with van der Waals surface area (Å²) in [5, 5.41) is 4.20. The van der Waals surface area contributed by atoms with Crippen LogP contribution >= 0.6 is 0 Å². The molecule has 0 atom stereocenters. The number of hydrogen-bond donors (Lipinski definition) is 1. The Bertz CT molecular complexity index is 1250. The average molecular weight is 416 g/mol. The third kappa shape index (κ3) is 4.10. The van der Waals surface area contributed by atoms with Gasteiger partial charge in [-0.2, -0.15) is 0 Å². The highest BCUT2D eigenvalue weighted by Gasteiger charge is 2.13. The fraction of sp³-hybridized carbons (Fsp3) is 0.200. The van der Waals surface area contributed by atoms with E-state index >= 15 is 0 Å². The highest BCUT2D eigenvalue weighted by molar-refractivity contribution is 5.94. The van der Waals surface area contributed by atoms with Crippen LogP contribution in [0.2, 0.25) is 0 Å². The zero-order valence-electron chi connectivity index (χ0n) is 17.6. The van der Waals surface area contributed by atoms with Gasteiger partial charge in [-0.05, 0) is 48.4 Å². The summed E-state index contributed by atoms with van der Waals surface area (Å²) < 4.78 is 12.5. The summed E-state index contributed by atoms with van der Waals surface area (Å²) in [5.74, 6) is 1.23. The first-order valence-corrected chi connectivity index (χ1v) is 10.1. The molecule has 1 N–H and O–H groups in total. The van der Waals surface area contributed by atoms with Crippen LogP contribution in [-0.2, 0) is 17.8 Å². The van der Waals surface area contributed by atoms with Crippen LogP contribution < -0.4 is 20.2 Å². The van der Waals surface area contributed by atoms with E-state index in [9.17, 15) is 9.59 Å². The summed E-state index contributed by atoms with van der Waals surface area (Å²) in [6.07, 6.45) is 0.664. The Kier molecular flexibility index (Phi) is 5.89. The summed E-state index contributed by atoms with van der Waals surface area (Å²) in [4.78, 5) is 25.6. The second-order valence-electron chi connectivity index (χ2n) is 7.24. The minimum absolute atomic E-state index is 0.0173. The van der Waals surface area contributed by atoms with Gasteiger partial charge in [-0.1, -0.05) is 30.3 Å². The van der Waals surface area contributed by atoms with E-state index in [1.165, 1.54) is 0 Å². The number of benzene rings is 3. The van der Waals surface area contributed by atoms with Crippen molar-refractivity contribution in [2.24, 2.45) is 0 Å². The molecule has 1 heterocycles. The summed E-state index contributed by atoms with van der Waals surface area (Å²) >= 11 is 0. The second kappa shape index (κ2) is 8.92. The second-order valence-corrected chi connectivity index (χ2v) is 7.24. The van der Waals surface area contributed by atoms with Crippen LogP contribution in [0.25, 0.3) is 21.8 Å². The van der Waals surface area contributed by atoms with Crippen molar-refractivity contribution >= 4 is 27.7 Å². The van der Waals surface area contributed by atoms with Gasteiger partial charge >= 0.3 is 0 Å². The molecule has 1 aromatic heterocycles. The monoisotopic (exact) mass is 416 g/mol. The first kappa shape index (κ1) is 20.5. The van der Waals surface area contributed by atoms with E-state index in [1.807, 2.05) is 59.2 Å². The van der Waals surface area contributed by atoms with Crippen LogP contribution in [0.1, 0.15) is 5.56 Å². The Balaban J connectivity index is 1.53. The molecule has 4 rings (SSSR count). The number of para-hydroxylation sites is 2. The minimum Gasteiger partial charge on any atom is -0.493 e. The number of carbonyl (C=O) groups excluding carboxylic acids is 1. The lowest BCUT2D eigenvalue weighted by atomic mass is 10.1. The third-order valence-corrected chi connectivity index (χ3v) is 5.36. The molecule has 6 nitrogen and oxygen atoms in total. The molecule has 0 spiro atoms. The van der Waals surface area contributed by atoms with Crippen molar-refractivity contribution in [3.63, 3.8) is 0 Å². The van der Waals surface area contributed by atoms with E-state index < -0.39 is 0 Å². The maximum atomic E-state index is 12.8. The SMILES string of the molecule is COc1ccc(CCNC(=O)Cn2c3ccccc3c(=O)c3ccccc32)cc1OC. The molecule has 31 heavy (non-hydrogen) atoms. The maximum Gasteiger partial charge on any atom is 0.239 e. The smallest absolute Gasteiger partial charge is 0.239 e. The molecule has 0 unspecified atom stereocenters. The molecule has 0 saturated heterocycles. The van der Waals surface area contributed by atoms with Gasteiger partial charge in [0.15, 0.2) is 16.9 Å². The number of methoxy groups -OCH3 is 2. The van der Waals surface area contributed by atoms with Crippen molar-refractivity contribution in [3.05, 3.63) is 82.5 Å². The number of nitrogens with zero attached hydrogens (tertiary/aromatic N) is 1. The number of pyridine rings is 1. The zero-order chi connectivity index (χ0) is 21.8. The van der Waals surface area contributed by atoms with Gasteiger partial charge in [-0.15, -0.1) is 0 Å².